The molecule has 4 heteroatoms. The van der Waals surface area contributed by atoms with Gasteiger partial charge < -0.3 is 9.64 Å². The van der Waals surface area contributed by atoms with Gasteiger partial charge in [-0.25, -0.2) is 4.39 Å². The molecule has 0 aromatic heterocycles. The van der Waals surface area contributed by atoms with E-state index in [1.165, 1.54) is 6.07 Å². The predicted molar refractivity (Wildman–Crippen MR) is 106 cm³/mol. The summed E-state index contributed by atoms with van der Waals surface area (Å²) >= 11 is 0. The van der Waals surface area contributed by atoms with Gasteiger partial charge in [0.1, 0.15) is 17.3 Å². The zero-order valence-electron chi connectivity index (χ0n) is 15.6. The van der Waals surface area contributed by atoms with E-state index in [9.17, 15) is 9.18 Å². The lowest BCUT2D eigenvalue weighted by Crippen LogP contribution is -2.45. The molecule has 3 aromatic rings. The number of amides is 1. The molecule has 1 amide bonds. The van der Waals surface area contributed by atoms with Crippen LogP contribution in [0.3, 0.4) is 0 Å². The van der Waals surface area contributed by atoms with E-state index in [-0.39, 0.29) is 17.8 Å². The van der Waals surface area contributed by atoms with Crippen LogP contribution >= 0.6 is 0 Å². The van der Waals surface area contributed by atoms with E-state index >= 15 is 0 Å². The highest BCUT2D eigenvalue weighted by molar-refractivity contribution is 6.02. The molecule has 0 saturated carbocycles. The summed E-state index contributed by atoms with van der Waals surface area (Å²) in [6.45, 7) is 2.06. The largest absolute Gasteiger partial charge is 0.457 e. The Morgan fingerprint density at radius 1 is 1.00 bits per heavy atom. The van der Waals surface area contributed by atoms with Gasteiger partial charge in [-0.05, 0) is 55.7 Å². The standard InChI is InChI=1S/C24H20FNO2/c1-15-10-11-16-14-17(25)12-13-20(16)26(15)24(27)23-18-6-2-4-8-21(18)28-22-9-5-3-7-19(22)23/h2-9,12-15,23H,10-11H2,1H3. The monoisotopic (exact) mass is 373 g/mol. The van der Waals surface area contributed by atoms with E-state index in [0.29, 0.717) is 11.5 Å². The number of hydrogen-bond acceptors (Lipinski definition) is 2. The minimum absolute atomic E-state index is 0.00302. The fraction of sp³-hybridized carbons (Fsp3) is 0.208. The first-order chi connectivity index (χ1) is 13.6. The molecule has 28 heavy (non-hydrogen) atoms. The molecule has 3 aromatic carbocycles. The van der Waals surface area contributed by atoms with E-state index in [1.807, 2.05) is 53.4 Å². The number of benzene rings is 3. The van der Waals surface area contributed by atoms with Gasteiger partial charge in [0.15, 0.2) is 0 Å². The first kappa shape index (κ1) is 17.0. The van der Waals surface area contributed by atoms with Crippen molar-refractivity contribution in [2.75, 3.05) is 4.90 Å². The normalized spacial score (nSPS) is 17.9. The van der Waals surface area contributed by atoms with Crippen LogP contribution in [0, 0.1) is 5.82 Å². The highest BCUT2D eigenvalue weighted by atomic mass is 19.1. The van der Waals surface area contributed by atoms with Crippen molar-refractivity contribution >= 4 is 11.6 Å². The molecule has 1 unspecified atom stereocenters. The number of carbonyl (C=O) groups excluding carboxylic acids is 1. The Bertz CT molecular complexity index is 1030. The minimum atomic E-state index is -0.445. The van der Waals surface area contributed by atoms with Gasteiger partial charge >= 0.3 is 0 Å². The van der Waals surface area contributed by atoms with Gasteiger partial charge in [-0.2, -0.15) is 0 Å². The van der Waals surface area contributed by atoms with Gasteiger partial charge in [-0.1, -0.05) is 36.4 Å². The van der Waals surface area contributed by atoms with Crippen molar-refractivity contribution in [3.05, 3.63) is 89.2 Å². The quantitative estimate of drug-likeness (QED) is 0.569. The maximum absolute atomic E-state index is 13.9. The van der Waals surface area contributed by atoms with Crippen molar-refractivity contribution in [2.45, 2.75) is 31.7 Å². The smallest absolute Gasteiger partial charge is 0.239 e. The third-order valence-electron chi connectivity index (χ3n) is 5.74. The average Bonchev–Trinajstić information content (AvgIpc) is 2.71. The number of rotatable bonds is 1. The average molecular weight is 373 g/mol. The van der Waals surface area contributed by atoms with Crippen molar-refractivity contribution in [3.8, 4) is 11.5 Å². The summed E-state index contributed by atoms with van der Waals surface area (Å²) < 4.78 is 19.8. The molecule has 2 aliphatic heterocycles. The van der Waals surface area contributed by atoms with Gasteiger partial charge in [-0.15, -0.1) is 0 Å². The Morgan fingerprint density at radius 2 is 1.64 bits per heavy atom. The SMILES string of the molecule is CC1CCc2cc(F)ccc2N1C(=O)C1c2ccccc2Oc2ccccc21. The molecular formula is C24H20FNO2. The van der Waals surface area contributed by atoms with E-state index in [1.54, 1.807) is 12.1 Å². The van der Waals surface area contributed by atoms with Crippen molar-refractivity contribution in [1.82, 2.24) is 0 Å². The molecule has 140 valence electrons. The van der Waals surface area contributed by atoms with E-state index < -0.39 is 5.92 Å². The number of ether oxygens (including phenoxy) is 1. The molecule has 0 N–H and O–H groups in total. The number of nitrogens with zero attached hydrogens (tertiary/aromatic N) is 1. The Morgan fingerprint density at radius 3 is 2.32 bits per heavy atom. The second-order valence-electron chi connectivity index (χ2n) is 7.48. The third kappa shape index (κ3) is 2.60. The molecule has 1 atom stereocenters. The number of fused-ring (bicyclic) bond motifs is 3. The van der Waals surface area contributed by atoms with E-state index in [4.69, 9.17) is 4.74 Å². The van der Waals surface area contributed by atoms with Crippen LogP contribution in [0.5, 0.6) is 11.5 Å². The maximum Gasteiger partial charge on any atom is 0.239 e. The van der Waals surface area contributed by atoms with E-state index in [0.717, 1.165) is 35.2 Å². The second-order valence-corrected chi connectivity index (χ2v) is 7.48. The van der Waals surface area contributed by atoms with Crippen LogP contribution < -0.4 is 9.64 Å². The number of para-hydroxylation sites is 2. The zero-order chi connectivity index (χ0) is 19.3. The number of carbonyl (C=O) groups is 1. The van der Waals surface area contributed by atoms with Gasteiger partial charge in [0.25, 0.3) is 0 Å². The zero-order valence-corrected chi connectivity index (χ0v) is 15.6. The lowest BCUT2D eigenvalue weighted by molar-refractivity contribution is -0.119. The molecule has 2 aliphatic rings. The van der Waals surface area contributed by atoms with Crippen molar-refractivity contribution in [1.29, 1.82) is 0 Å². The van der Waals surface area contributed by atoms with Gasteiger partial charge in [0, 0.05) is 22.9 Å². The first-order valence-corrected chi connectivity index (χ1v) is 9.60. The molecule has 0 bridgehead atoms. The fourth-order valence-electron chi connectivity index (χ4n) is 4.37. The molecule has 2 heterocycles. The lowest BCUT2D eigenvalue weighted by Gasteiger charge is -2.39. The van der Waals surface area contributed by atoms with Crippen LogP contribution in [0.15, 0.2) is 66.7 Å². The maximum atomic E-state index is 13.9. The van der Waals surface area contributed by atoms with Crippen molar-refractivity contribution < 1.29 is 13.9 Å². The summed E-state index contributed by atoms with van der Waals surface area (Å²) in [5, 5.41) is 0. The highest BCUT2D eigenvalue weighted by Crippen LogP contribution is 2.46. The lowest BCUT2D eigenvalue weighted by atomic mass is 9.85. The Kier molecular flexibility index (Phi) is 3.93. The summed E-state index contributed by atoms with van der Waals surface area (Å²) in [6, 6.07) is 20.1. The van der Waals surface area contributed by atoms with E-state index in [2.05, 4.69) is 6.92 Å². The predicted octanol–water partition coefficient (Wildman–Crippen LogP) is 5.43. The van der Waals surface area contributed by atoms with Crippen molar-refractivity contribution in [3.63, 3.8) is 0 Å². The summed E-state index contributed by atoms with van der Waals surface area (Å²) in [6.07, 6.45) is 1.59. The van der Waals surface area contributed by atoms with Crippen LogP contribution in [0.4, 0.5) is 10.1 Å². The molecule has 0 saturated heterocycles. The minimum Gasteiger partial charge on any atom is -0.457 e. The number of hydrogen-bond donors (Lipinski definition) is 0. The van der Waals surface area contributed by atoms with Gasteiger partial charge in [-0.3, -0.25) is 4.79 Å². The molecule has 0 aliphatic carbocycles. The Labute approximate surface area is 163 Å². The molecule has 0 radical (unpaired) electrons. The van der Waals surface area contributed by atoms with Crippen LogP contribution in [-0.4, -0.2) is 11.9 Å². The van der Waals surface area contributed by atoms with Crippen LogP contribution in [-0.2, 0) is 11.2 Å². The highest BCUT2D eigenvalue weighted by Gasteiger charge is 2.38. The topological polar surface area (TPSA) is 29.5 Å². The summed E-state index contributed by atoms with van der Waals surface area (Å²) in [5.74, 6) is 0.720. The number of halogens is 1. The molecule has 0 spiro atoms. The van der Waals surface area contributed by atoms with Crippen LogP contribution in [0.2, 0.25) is 0 Å². The van der Waals surface area contributed by atoms with Crippen LogP contribution in [0.1, 0.15) is 36.0 Å². The summed E-state index contributed by atoms with van der Waals surface area (Å²) in [7, 11) is 0. The Hall–Kier alpha value is -3.14. The van der Waals surface area contributed by atoms with Crippen molar-refractivity contribution in [2.24, 2.45) is 0 Å². The molecular weight excluding hydrogens is 353 g/mol. The third-order valence-corrected chi connectivity index (χ3v) is 5.74. The van der Waals surface area contributed by atoms with Gasteiger partial charge in [0.2, 0.25) is 5.91 Å². The summed E-state index contributed by atoms with van der Waals surface area (Å²) in [4.78, 5) is 15.8. The van der Waals surface area contributed by atoms with Gasteiger partial charge in [0.05, 0.1) is 5.92 Å². The Balaban J connectivity index is 1.65. The summed E-state index contributed by atoms with van der Waals surface area (Å²) in [5.41, 5.74) is 3.44. The number of anilines is 1. The second kappa shape index (κ2) is 6.48. The number of aryl methyl sites for hydroxylation is 1. The molecule has 3 nitrogen and oxygen atoms in total. The van der Waals surface area contributed by atoms with Crippen LogP contribution in [0.25, 0.3) is 0 Å². The molecule has 5 rings (SSSR count). The molecule has 0 fully saturated rings. The first-order valence-electron chi connectivity index (χ1n) is 9.60. The fourth-order valence-corrected chi connectivity index (χ4v) is 4.37.